The molecule has 0 bridgehead atoms. The minimum atomic E-state index is -0.0712. The highest BCUT2D eigenvalue weighted by Crippen LogP contribution is 2.33. The minimum Gasteiger partial charge on any atom is -0.378 e. The molecule has 5 rings (SSSR count). The Labute approximate surface area is 209 Å². The molecular weight excluding hydrogens is 457 g/mol. The summed E-state index contributed by atoms with van der Waals surface area (Å²) in [6.07, 6.45) is 8.11. The van der Waals surface area contributed by atoms with Gasteiger partial charge in [-0.05, 0) is 52.5 Å². The molecule has 0 spiro atoms. The van der Waals surface area contributed by atoms with E-state index in [9.17, 15) is 4.79 Å². The van der Waals surface area contributed by atoms with Crippen molar-refractivity contribution in [2.45, 2.75) is 27.7 Å². The number of hydrogen-bond donors (Lipinski definition) is 1. The van der Waals surface area contributed by atoms with E-state index >= 15 is 0 Å². The number of pyridine rings is 1. The topological polar surface area (TPSA) is 62.1 Å². The summed E-state index contributed by atoms with van der Waals surface area (Å²) in [5.74, 6) is 0. The number of rotatable bonds is 3. The molecule has 8 heteroatoms. The van der Waals surface area contributed by atoms with Crippen molar-refractivity contribution in [3.63, 3.8) is 0 Å². The van der Waals surface area contributed by atoms with Gasteiger partial charge in [0.15, 0.2) is 5.65 Å². The second-order valence-corrected chi connectivity index (χ2v) is 11.0. The first kappa shape index (κ1) is 23.8. The van der Waals surface area contributed by atoms with Gasteiger partial charge < -0.3 is 24.3 Å². The monoisotopic (exact) mass is 491 g/mol. The molecule has 2 aliphatic rings. The Morgan fingerprint density at radius 3 is 2.66 bits per heavy atom. The number of fused-ring (bicyclic) bond motifs is 1. The van der Waals surface area contributed by atoms with Crippen molar-refractivity contribution >= 4 is 37.6 Å². The average molecular weight is 492 g/mol. The Morgan fingerprint density at radius 1 is 1.17 bits per heavy atom. The molecule has 7 nitrogen and oxygen atoms in total. The van der Waals surface area contributed by atoms with E-state index in [1.54, 1.807) is 0 Å². The van der Waals surface area contributed by atoms with Gasteiger partial charge in [-0.25, -0.2) is 9.78 Å². The third-order valence-electron chi connectivity index (χ3n) is 6.94. The Hall–Kier alpha value is -2.89. The van der Waals surface area contributed by atoms with Crippen LogP contribution in [0.15, 0.2) is 48.4 Å². The number of carbonyl (C=O) groups excluding carboxylic acids is 1. The number of nitrogens with zero attached hydrogens (tertiary/aromatic N) is 4. The summed E-state index contributed by atoms with van der Waals surface area (Å²) in [4.78, 5) is 21.9. The van der Waals surface area contributed by atoms with Crippen LogP contribution < -0.4 is 15.5 Å². The molecule has 0 saturated carbocycles. The summed E-state index contributed by atoms with van der Waals surface area (Å²) < 4.78 is 7.64. The largest absolute Gasteiger partial charge is 0.378 e. The number of carbonyl (C=O) groups is 1. The SMILES string of the molecule is Cc1cc(P)c(NC(=O)N2CC=C(C(C)(C)C)C2)cc1-c1cc(N2CCOCC2)c2nccn2c1. The summed E-state index contributed by atoms with van der Waals surface area (Å²) >= 11 is 0. The van der Waals surface area contributed by atoms with Gasteiger partial charge in [-0.1, -0.05) is 26.8 Å². The molecular formula is C27H34N5O2P. The number of amides is 2. The number of anilines is 2. The van der Waals surface area contributed by atoms with Gasteiger partial charge in [0.1, 0.15) is 0 Å². The average Bonchev–Trinajstić information content (AvgIpc) is 3.50. The number of ether oxygens (including phenoxy) is 1. The molecule has 35 heavy (non-hydrogen) atoms. The summed E-state index contributed by atoms with van der Waals surface area (Å²) in [7, 11) is 2.77. The van der Waals surface area contributed by atoms with Crippen molar-refractivity contribution in [1.82, 2.24) is 14.3 Å². The fraction of sp³-hybridized carbons (Fsp3) is 0.407. The van der Waals surface area contributed by atoms with Crippen molar-refractivity contribution in [1.29, 1.82) is 0 Å². The third-order valence-corrected chi connectivity index (χ3v) is 7.42. The number of nitrogens with one attached hydrogen (secondary N) is 1. The first-order valence-electron chi connectivity index (χ1n) is 12.2. The molecule has 2 aliphatic heterocycles. The predicted octanol–water partition coefficient (Wildman–Crippen LogP) is 4.47. The maximum Gasteiger partial charge on any atom is 0.322 e. The van der Waals surface area contributed by atoms with E-state index in [0.717, 1.165) is 65.3 Å². The Kier molecular flexibility index (Phi) is 6.32. The van der Waals surface area contributed by atoms with Crippen LogP contribution >= 0.6 is 9.24 Å². The highest BCUT2D eigenvalue weighted by atomic mass is 31.0. The molecule has 3 aromatic rings. The van der Waals surface area contributed by atoms with Gasteiger partial charge in [0.05, 0.1) is 24.6 Å². The van der Waals surface area contributed by atoms with Gasteiger partial charge in [-0.3, -0.25) is 0 Å². The maximum absolute atomic E-state index is 13.1. The number of urea groups is 1. The second kappa shape index (κ2) is 9.29. The molecule has 2 amide bonds. The molecule has 0 aliphatic carbocycles. The van der Waals surface area contributed by atoms with Crippen LogP contribution in [0.1, 0.15) is 26.3 Å². The van der Waals surface area contributed by atoms with E-state index in [1.165, 1.54) is 5.57 Å². The summed E-state index contributed by atoms with van der Waals surface area (Å²) in [6, 6.07) is 6.35. The lowest BCUT2D eigenvalue weighted by molar-refractivity contribution is 0.123. The van der Waals surface area contributed by atoms with E-state index in [-0.39, 0.29) is 11.4 Å². The van der Waals surface area contributed by atoms with Crippen molar-refractivity contribution in [2.75, 3.05) is 49.6 Å². The second-order valence-electron chi connectivity index (χ2n) is 10.4. The van der Waals surface area contributed by atoms with Gasteiger partial charge in [-0.15, -0.1) is 9.24 Å². The van der Waals surface area contributed by atoms with Gasteiger partial charge in [-0.2, -0.15) is 0 Å². The molecule has 2 aromatic heterocycles. The van der Waals surface area contributed by atoms with Crippen LogP contribution in [-0.4, -0.2) is 59.7 Å². The van der Waals surface area contributed by atoms with Gasteiger partial charge in [0, 0.05) is 50.3 Å². The highest BCUT2D eigenvalue weighted by molar-refractivity contribution is 7.28. The van der Waals surface area contributed by atoms with Crippen LogP contribution in [0, 0.1) is 12.3 Å². The summed E-state index contributed by atoms with van der Waals surface area (Å²) in [6.45, 7) is 13.1. The lowest BCUT2D eigenvalue weighted by atomic mass is 9.87. The molecule has 1 unspecified atom stereocenters. The number of aromatic nitrogens is 2. The Bertz CT molecular complexity index is 1300. The fourth-order valence-corrected chi connectivity index (χ4v) is 5.20. The Morgan fingerprint density at radius 2 is 1.94 bits per heavy atom. The highest BCUT2D eigenvalue weighted by Gasteiger charge is 2.27. The van der Waals surface area contributed by atoms with E-state index in [1.807, 2.05) is 17.3 Å². The maximum atomic E-state index is 13.1. The van der Waals surface area contributed by atoms with Crippen LogP contribution in [0.25, 0.3) is 16.8 Å². The smallest absolute Gasteiger partial charge is 0.322 e. The molecule has 1 saturated heterocycles. The molecule has 1 atom stereocenters. The lowest BCUT2D eigenvalue weighted by Crippen LogP contribution is -2.36. The van der Waals surface area contributed by atoms with Crippen LogP contribution in [0.3, 0.4) is 0 Å². The van der Waals surface area contributed by atoms with Crippen LogP contribution in [0.5, 0.6) is 0 Å². The van der Waals surface area contributed by atoms with E-state index < -0.39 is 0 Å². The zero-order valence-corrected chi connectivity index (χ0v) is 22.1. The van der Waals surface area contributed by atoms with Crippen molar-refractivity contribution in [3.8, 4) is 11.1 Å². The predicted molar refractivity (Wildman–Crippen MR) is 146 cm³/mol. The molecule has 4 heterocycles. The summed E-state index contributed by atoms with van der Waals surface area (Å²) in [5, 5.41) is 4.13. The zero-order chi connectivity index (χ0) is 24.7. The Balaban J connectivity index is 1.45. The van der Waals surface area contributed by atoms with Gasteiger partial charge >= 0.3 is 6.03 Å². The first-order chi connectivity index (χ1) is 16.7. The van der Waals surface area contributed by atoms with Crippen molar-refractivity contribution < 1.29 is 9.53 Å². The molecule has 184 valence electrons. The lowest BCUT2D eigenvalue weighted by Gasteiger charge is -2.29. The van der Waals surface area contributed by atoms with Crippen LogP contribution in [0.4, 0.5) is 16.2 Å². The van der Waals surface area contributed by atoms with Crippen LogP contribution in [-0.2, 0) is 4.74 Å². The number of aryl methyl sites for hydroxylation is 1. The van der Waals surface area contributed by atoms with E-state index in [2.05, 4.69) is 87.0 Å². The van der Waals surface area contributed by atoms with E-state index in [0.29, 0.717) is 13.1 Å². The molecule has 0 radical (unpaired) electrons. The summed E-state index contributed by atoms with van der Waals surface area (Å²) in [5.41, 5.74) is 7.56. The standard InChI is InChI=1S/C27H34N5O2P/c1-18-13-24(35)22(29-26(33)32-7-5-20(17-32)27(2,3)4)15-21(18)19-14-23(30-9-11-34-12-10-30)25-28-6-8-31(25)16-19/h5-6,8,13-16H,7,9-12,17,35H2,1-4H3,(H,29,33). The molecule has 1 aromatic carbocycles. The van der Waals surface area contributed by atoms with Gasteiger partial charge in [0.2, 0.25) is 0 Å². The van der Waals surface area contributed by atoms with Crippen molar-refractivity contribution in [3.05, 3.63) is 54.0 Å². The molecule has 1 fully saturated rings. The zero-order valence-electron chi connectivity index (χ0n) is 21.0. The first-order valence-corrected chi connectivity index (χ1v) is 12.7. The normalized spacial score (nSPS) is 16.7. The number of morpholine rings is 1. The molecule has 1 N–H and O–H groups in total. The van der Waals surface area contributed by atoms with Gasteiger partial charge in [0.25, 0.3) is 0 Å². The quantitative estimate of drug-likeness (QED) is 0.434. The van der Waals surface area contributed by atoms with Crippen LogP contribution in [0.2, 0.25) is 0 Å². The number of benzene rings is 1. The minimum absolute atomic E-state index is 0.0712. The number of imidazole rings is 1. The fourth-order valence-electron chi connectivity index (χ4n) is 4.80. The van der Waals surface area contributed by atoms with Crippen molar-refractivity contribution in [2.24, 2.45) is 5.41 Å². The van der Waals surface area contributed by atoms with E-state index in [4.69, 9.17) is 4.74 Å². The number of hydrogen-bond acceptors (Lipinski definition) is 4. The third kappa shape index (κ3) is 4.80.